The first-order valence-corrected chi connectivity index (χ1v) is 7.76. The van der Waals surface area contributed by atoms with Crippen molar-refractivity contribution < 1.29 is 8.42 Å². The lowest BCUT2D eigenvalue weighted by Crippen LogP contribution is -2.39. The summed E-state index contributed by atoms with van der Waals surface area (Å²) < 4.78 is 26.3. The van der Waals surface area contributed by atoms with Crippen LogP contribution in [0.25, 0.3) is 0 Å². The van der Waals surface area contributed by atoms with Crippen LogP contribution in [-0.4, -0.2) is 37.1 Å². The van der Waals surface area contributed by atoms with E-state index < -0.39 is 10.0 Å². The van der Waals surface area contributed by atoms with Crippen LogP contribution >= 0.6 is 0 Å². The Kier molecular flexibility index (Phi) is 3.56. The second-order valence-corrected chi connectivity index (χ2v) is 7.48. The Hall–Kier alpha value is -0.130. The zero-order valence-corrected chi connectivity index (χ0v) is 10.7. The van der Waals surface area contributed by atoms with E-state index in [1.165, 1.54) is 6.42 Å². The highest BCUT2D eigenvalue weighted by Gasteiger charge is 2.39. The lowest BCUT2D eigenvalue weighted by molar-refractivity contribution is 0.422. The zero-order valence-electron chi connectivity index (χ0n) is 9.93. The standard InChI is InChI=1S/C11H22N2O2S/c1-9-7-13(8-11(9)12)16(14,15)10-5-3-2-4-6-10/h9-11H,2-8,12H2,1H3. The topological polar surface area (TPSA) is 63.4 Å². The van der Waals surface area contributed by atoms with Crippen LogP contribution in [0.1, 0.15) is 39.0 Å². The molecule has 2 atom stereocenters. The van der Waals surface area contributed by atoms with Crippen LogP contribution in [0.4, 0.5) is 0 Å². The Balaban J connectivity index is 2.07. The summed E-state index contributed by atoms with van der Waals surface area (Å²) in [7, 11) is -3.07. The van der Waals surface area contributed by atoms with Crippen molar-refractivity contribution in [2.75, 3.05) is 13.1 Å². The largest absolute Gasteiger partial charge is 0.326 e. The molecule has 16 heavy (non-hydrogen) atoms. The Morgan fingerprint density at radius 3 is 2.25 bits per heavy atom. The van der Waals surface area contributed by atoms with Gasteiger partial charge < -0.3 is 5.73 Å². The maximum Gasteiger partial charge on any atom is 0.217 e. The molecule has 2 N–H and O–H groups in total. The number of sulfonamides is 1. The molecule has 0 aromatic rings. The lowest BCUT2D eigenvalue weighted by atomic mass is 10.0. The van der Waals surface area contributed by atoms with Crippen molar-refractivity contribution in [1.82, 2.24) is 4.31 Å². The predicted octanol–water partition coefficient (Wildman–Crippen LogP) is 0.928. The van der Waals surface area contributed by atoms with Crippen LogP contribution in [0.5, 0.6) is 0 Å². The van der Waals surface area contributed by atoms with Gasteiger partial charge in [-0.3, -0.25) is 0 Å². The first-order valence-electron chi connectivity index (χ1n) is 6.26. The van der Waals surface area contributed by atoms with Gasteiger partial charge in [-0.2, -0.15) is 4.31 Å². The third-order valence-corrected chi connectivity index (χ3v) is 6.30. The van der Waals surface area contributed by atoms with E-state index in [4.69, 9.17) is 5.73 Å². The SMILES string of the molecule is CC1CN(S(=O)(=O)C2CCCCC2)CC1N. The molecule has 94 valence electrons. The number of rotatable bonds is 2. The minimum absolute atomic E-state index is 0.0124. The van der Waals surface area contributed by atoms with Crippen molar-refractivity contribution in [1.29, 1.82) is 0 Å². The van der Waals surface area contributed by atoms with Crippen molar-refractivity contribution in [3.8, 4) is 0 Å². The molecular weight excluding hydrogens is 224 g/mol. The average molecular weight is 246 g/mol. The highest BCUT2D eigenvalue weighted by molar-refractivity contribution is 7.89. The van der Waals surface area contributed by atoms with Crippen LogP contribution in [0, 0.1) is 5.92 Å². The van der Waals surface area contributed by atoms with E-state index in [-0.39, 0.29) is 11.3 Å². The van der Waals surface area contributed by atoms with Gasteiger partial charge in [0.2, 0.25) is 10.0 Å². The second-order valence-electron chi connectivity index (χ2n) is 5.26. The monoisotopic (exact) mass is 246 g/mol. The molecular formula is C11H22N2O2S. The molecule has 2 fully saturated rings. The van der Waals surface area contributed by atoms with Gasteiger partial charge >= 0.3 is 0 Å². The van der Waals surface area contributed by atoms with Gasteiger partial charge in [0.25, 0.3) is 0 Å². The third kappa shape index (κ3) is 2.26. The lowest BCUT2D eigenvalue weighted by Gasteiger charge is -2.26. The first kappa shape index (κ1) is 12.3. The van der Waals surface area contributed by atoms with Crippen molar-refractivity contribution in [2.24, 2.45) is 11.7 Å². The van der Waals surface area contributed by atoms with E-state index in [2.05, 4.69) is 0 Å². The number of nitrogens with two attached hydrogens (primary N) is 1. The highest BCUT2D eigenvalue weighted by atomic mass is 32.2. The average Bonchev–Trinajstić information content (AvgIpc) is 2.61. The molecule has 2 unspecified atom stereocenters. The molecule has 1 saturated carbocycles. The van der Waals surface area contributed by atoms with Crippen molar-refractivity contribution in [2.45, 2.75) is 50.3 Å². The van der Waals surface area contributed by atoms with Crippen LogP contribution in [0.15, 0.2) is 0 Å². The molecule has 0 aromatic heterocycles. The van der Waals surface area contributed by atoms with Gasteiger partial charge in [0.05, 0.1) is 5.25 Å². The molecule has 2 aliphatic rings. The molecule has 0 spiro atoms. The van der Waals surface area contributed by atoms with E-state index >= 15 is 0 Å². The molecule has 2 rings (SSSR count). The maximum atomic E-state index is 12.3. The zero-order chi connectivity index (χ0) is 11.8. The molecule has 1 aliphatic carbocycles. The van der Waals surface area contributed by atoms with Gasteiger partial charge in [-0.15, -0.1) is 0 Å². The summed E-state index contributed by atoms with van der Waals surface area (Å²) in [5.41, 5.74) is 5.89. The van der Waals surface area contributed by atoms with E-state index in [0.717, 1.165) is 25.7 Å². The third-order valence-electron chi connectivity index (χ3n) is 3.97. The van der Waals surface area contributed by atoms with Gasteiger partial charge in [0, 0.05) is 19.1 Å². The molecule has 1 saturated heterocycles. The number of hydrogen-bond donors (Lipinski definition) is 1. The summed E-state index contributed by atoms with van der Waals surface area (Å²) in [5, 5.41) is -0.140. The molecule has 0 radical (unpaired) electrons. The van der Waals surface area contributed by atoms with Crippen molar-refractivity contribution in [3.05, 3.63) is 0 Å². The minimum Gasteiger partial charge on any atom is -0.326 e. The number of nitrogens with zero attached hydrogens (tertiary/aromatic N) is 1. The van der Waals surface area contributed by atoms with Crippen molar-refractivity contribution >= 4 is 10.0 Å². The van der Waals surface area contributed by atoms with E-state index in [1.54, 1.807) is 4.31 Å². The van der Waals surface area contributed by atoms with Crippen LogP contribution in [0.3, 0.4) is 0 Å². The normalized spacial score (nSPS) is 34.4. The summed E-state index contributed by atoms with van der Waals surface area (Å²) in [4.78, 5) is 0. The molecule has 5 heteroatoms. The Morgan fingerprint density at radius 2 is 1.75 bits per heavy atom. The summed E-state index contributed by atoms with van der Waals surface area (Å²) in [6.07, 6.45) is 4.96. The van der Waals surface area contributed by atoms with Crippen LogP contribution < -0.4 is 5.73 Å². The Bertz CT molecular complexity index is 326. The number of hydrogen-bond acceptors (Lipinski definition) is 3. The van der Waals surface area contributed by atoms with E-state index in [0.29, 0.717) is 19.0 Å². The van der Waals surface area contributed by atoms with Gasteiger partial charge in [-0.05, 0) is 18.8 Å². The summed E-state index contributed by atoms with van der Waals surface area (Å²) in [6.45, 7) is 3.15. The predicted molar refractivity (Wildman–Crippen MR) is 64.5 cm³/mol. The Morgan fingerprint density at radius 1 is 1.12 bits per heavy atom. The summed E-state index contributed by atoms with van der Waals surface area (Å²) >= 11 is 0. The fraction of sp³-hybridized carbons (Fsp3) is 1.00. The maximum absolute atomic E-state index is 12.3. The molecule has 0 bridgehead atoms. The smallest absolute Gasteiger partial charge is 0.217 e. The second kappa shape index (κ2) is 4.63. The van der Waals surface area contributed by atoms with Gasteiger partial charge in [0.1, 0.15) is 0 Å². The van der Waals surface area contributed by atoms with Crippen LogP contribution in [-0.2, 0) is 10.0 Å². The van der Waals surface area contributed by atoms with Crippen molar-refractivity contribution in [3.63, 3.8) is 0 Å². The Labute approximate surface area is 98.2 Å². The molecule has 1 heterocycles. The summed E-state index contributed by atoms with van der Waals surface area (Å²) in [5.74, 6) is 0.290. The quantitative estimate of drug-likeness (QED) is 0.788. The molecule has 1 aliphatic heterocycles. The van der Waals surface area contributed by atoms with E-state index in [9.17, 15) is 8.42 Å². The first-order chi connectivity index (χ1) is 7.51. The molecule has 0 aromatic carbocycles. The van der Waals surface area contributed by atoms with Gasteiger partial charge in [-0.25, -0.2) is 8.42 Å². The molecule has 4 nitrogen and oxygen atoms in total. The fourth-order valence-electron chi connectivity index (χ4n) is 2.73. The van der Waals surface area contributed by atoms with E-state index in [1.807, 2.05) is 6.92 Å². The molecule has 0 amide bonds. The minimum atomic E-state index is -3.07. The van der Waals surface area contributed by atoms with Gasteiger partial charge in [-0.1, -0.05) is 26.2 Å². The highest BCUT2D eigenvalue weighted by Crippen LogP contribution is 2.29. The summed E-state index contributed by atoms with van der Waals surface area (Å²) in [6, 6.07) is 0.0124. The van der Waals surface area contributed by atoms with Crippen LogP contribution in [0.2, 0.25) is 0 Å². The fourth-order valence-corrected chi connectivity index (χ4v) is 4.90. The van der Waals surface area contributed by atoms with Gasteiger partial charge in [0.15, 0.2) is 0 Å².